The van der Waals surface area contributed by atoms with Crippen LogP contribution in [-0.2, 0) is 16.8 Å². The molecule has 0 saturated heterocycles. The minimum Gasteiger partial charge on any atom is -0.475 e. The van der Waals surface area contributed by atoms with Crippen molar-refractivity contribution in [1.82, 2.24) is 15.3 Å². The maximum Gasteiger partial charge on any atom is 0.490 e. The van der Waals surface area contributed by atoms with Crippen molar-refractivity contribution in [3.05, 3.63) is 77.3 Å². The summed E-state index contributed by atoms with van der Waals surface area (Å²) < 4.78 is 44.9. The number of anilines is 2. The van der Waals surface area contributed by atoms with Crippen molar-refractivity contribution in [3.63, 3.8) is 0 Å². The minimum atomic E-state index is -5.08. The number of halogens is 4. The van der Waals surface area contributed by atoms with Crippen LogP contribution in [0.4, 0.5) is 29.1 Å². The van der Waals surface area contributed by atoms with Crippen molar-refractivity contribution < 1.29 is 37.2 Å². The van der Waals surface area contributed by atoms with Gasteiger partial charge >= 0.3 is 18.0 Å². The zero-order valence-electron chi connectivity index (χ0n) is 20.8. The van der Waals surface area contributed by atoms with Crippen molar-refractivity contribution in [3.8, 4) is 0 Å². The van der Waals surface area contributed by atoms with Gasteiger partial charge in [-0.15, -0.1) is 0 Å². The van der Waals surface area contributed by atoms with E-state index in [2.05, 4.69) is 21.3 Å². The lowest BCUT2D eigenvalue weighted by molar-refractivity contribution is -0.395. The standard InChI is InChI=1S/C25H24FN5O.C2HF3O2/c26-18-7-5-17(6-8-18)24(32)30-25(12-13-25)21-10-9-20-19(28-21)2-1-15-31(20)22-11-14-27-23(29-22)16-3-4-16;3-2(4,5)1(6)7/h5-11,14,16H,1-4,12-13,15H2,(H,30,32);(H,6,7)/p+1. The van der Waals surface area contributed by atoms with E-state index < -0.39 is 17.7 Å². The second-order valence-corrected chi connectivity index (χ2v) is 9.87. The van der Waals surface area contributed by atoms with E-state index in [0.717, 1.165) is 60.9 Å². The van der Waals surface area contributed by atoms with Crippen LogP contribution in [0, 0.1) is 5.82 Å². The molecule has 3 aromatic rings. The van der Waals surface area contributed by atoms with Crippen LogP contribution in [0.25, 0.3) is 0 Å². The van der Waals surface area contributed by atoms with Gasteiger partial charge in [-0.25, -0.2) is 14.2 Å². The molecule has 1 amide bonds. The summed E-state index contributed by atoms with van der Waals surface area (Å²) in [6.45, 7) is 0.918. The highest BCUT2D eigenvalue weighted by molar-refractivity contribution is 5.95. The van der Waals surface area contributed by atoms with Gasteiger partial charge in [0, 0.05) is 18.2 Å². The SMILES string of the molecule is O=C(NC1(c2ccc3c(n2)CCCN3c2cc[nH+]c(C3CC3)n2)CC1)c1ccc(F)cc1.O=C(O)C(F)(F)F. The minimum absolute atomic E-state index is 0.194. The lowest BCUT2D eigenvalue weighted by atomic mass is 10.0. The van der Waals surface area contributed by atoms with Gasteiger partial charge in [0.2, 0.25) is 0 Å². The van der Waals surface area contributed by atoms with Crippen molar-refractivity contribution in [2.45, 2.75) is 56.2 Å². The maximum atomic E-state index is 13.2. The first-order valence-corrected chi connectivity index (χ1v) is 12.6. The van der Waals surface area contributed by atoms with E-state index in [4.69, 9.17) is 19.9 Å². The summed E-state index contributed by atoms with van der Waals surface area (Å²) >= 11 is 0. The number of aromatic amines is 1. The third kappa shape index (κ3) is 5.99. The van der Waals surface area contributed by atoms with Gasteiger partial charge in [-0.3, -0.25) is 9.78 Å². The van der Waals surface area contributed by atoms with E-state index in [0.29, 0.717) is 11.5 Å². The van der Waals surface area contributed by atoms with E-state index in [-0.39, 0.29) is 11.7 Å². The van der Waals surface area contributed by atoms with Crippen LogP contribution in [0.15, 0.2) is 48.7 Å². The van der Waals surface area contributed by atoms with Gasteiger partial charge in [0.15, 0.2) is 0 Å². The molecule has 3 heterocycles. The maximum absolute atomic E-state index is 13.2. The first-order chi connectivity index (χ1) is 18.6. The second kappa shape index (κ2) is 10.2. The van der Waals surface area contributed by atoms with E-state index in [9.17, 15) is 22.4 Å². The molecule has 204 valence electrons. The second-order valence-electron chi connectivity index (χ2n) is 9.87. The fourth-order valence-electron chi connectivity index (χ4n) is 4.52. The number of aliphatic carboxylic acids is 1. The van der Waals surface area contributed by atoms with Crippen molar-refractivity contribution >= 4 is 23.4 Å². The van der Waals surface area contributed by atoms with Crippen LogP contribution in [0.1, 0.15) is 65.6 Å². The molecular formula is C27H26F4N5O3+. The van der Waals surface area contributed by atoms with Gasteiger partial charge in [-0.1, -0.05) is 0 Å². The number of hydrogen-bond acceptors (Lipinski definition) is 5. The molecule has 6 rings (SSSR count). The average molecular weight is 545 g/mol. The van der Waals surface area contributed by atoms with E-state index in [1.165, 1.54) is 37.1 Å². The fourth-order valence-corrected chi connectivity index (χ4v) is 4.52. The number of alkyl halides is 3. The highest BCUT2D eigenvalue weighted by Crippen LogP contribution is 2.46. The third-order valence-corrected chi connectivity index (χ3v) is 6.92. The van der Waals surface area contributed by atoms with Crippen LogP contribution in [-0.4, -0.2) is 39.7 Å². The molecule has 3 aliphatic rings. The normalized spacial score (nSPS) is 17.4. The predicted molar refractivity (Wildman–Crippen MR) is 131 cm³/mol. The number of benzene rings is 1. The number of hydrogen-bond donors (Lipinski definition) is 2. The van der Waals surface area contributed by atoms with E-state index in [1.54, 1.807) is 0 Å². The summed E-state index contributed by atoms with van der Waals surface area (Å²) in [5.74, 6) is -0.696. The number of amides is 1. The molecule has 2 aliphatic carbocycles. The van der Waals surface area contributed by atoms with E-state index in [1.807, 2.05) is 18.3 Å². The van der Waals surface area contributed by atoms with Crippen LogP contribution in [0.5, 0.6) is 0 Å². The Morgan fingerprint density at radius 1 is 1.05 bits per heavy atom. The number of carboxylic acid groups (broad SMARTS) is 1. The summed E-state index contributed by atoms with van der Waals surface area (Å²) in [7, 11) is 0. The van der Waals surface area contributed by atoms with Gasteiger partial charge < -0.3 is 15.3 Å². The van der Waals surface area contributed by atoms with Gasteiger partial charge in [0.1, 0.15) is 5.82 Å². The van der Waals surface area contributed by atoms with Gasteiger partial charge in [-0.2, -0.15) is 13.2 Å². The molecule has 2 fully saturated rings. The number of aryl methyl sites for hydroxylation is 1. The number of carboxylic acids is 1. The molecule has 8 nitrogen and oxygen atoms in total. The highest BCUT2D eigenvalue weighted by atomic mass is 19.4. The summed E-state index contributed by atoms with van der Waals surface area (Å²) in [5.41, 5.74) is 3.09. The lowest BCUT2D eigenvalue weighted by Crippen LogP contribution is -2.36. The Kier molecular flexibility index (Phi) is 6.96. The monoisotopic (exact) mass is 544 g/mol. The average Bonchev–Trinajstić information content (AvgIpc) is 3.84. The van der Waals surface area contributed by atoms with Gasteiger partial charge in [0.25, 0.3) is 11.7 Å². The number of carbonyl (C=O) groups excluding carboxylic acids is 1. The Bertz CT molecular complexity index is 1390. The summed E-state index contributed by atoms with van der Waals surface area (Å²) in [4.78, 5) is 37.0. The summed E-state index contributed by atoms with van der Waals surface area (Å²) in [5, 5.41) is 10.3. The molecule has 1 aliphatic heterocycles. The molecule has 0 spiro atoms. The highest BCUT2D eigenvalue weighted by Gasteiger charge is 2.47. The van der Waals surface area contributed by atoms with Crippen molar-refractivity contribution in [1.29, 1.82) is 0 Å². The lowest BCUT2D eigenvalue weighted by Gasteiger charge is -2.29. The molecule has 2 saturated carbocycles. The molecule has 1 aromatic carbocycles. The number of nitrogens with zero attached hydrogens (tertiary/aromatic N) is 3. The van der Waals surface area contributed by atoms with Crippen LogP contribution in [0.3, 0.4) is 0 Å². The Morgan fingerprint density at radius 3 is 2.36 bits per heavy atom. The Morgan fingerprint density at radius 2 is 1.74 bits per heavy atom. The molecule has 39 heavy (non-hydrogen) atoms. The Hall–Kier alpha value is -4.09. The first kappa shape index (κ1) is 26.5. The Balaban J connectivity index is 0.000000392. The molecular weight excluding hydrogens is 518 g/mol. The molecule has 12 heteroatoms. The quantitative estimate of drug-likeness (QED) is 0.460. The summed E-state index contributed by atoms with van der Waals surface area (Å²) in [6.07, 6.45) is 2.96. The molecule has 0 atom stereocenters. The number of fused-ring (bicyclic) bond motifs is 1. The van der Waals surface area contributed by atoms with Gasteiger partial charge in [0.05, 0.1) is 34.7 Å². The molecule has 0 bridgehead atoms. The van der Waals surface area contributed by atoms with Gasteiger partial charge in [-0.05, 0) is 79.9 Å². The number of pyridine rings is 1. The zero-order valence-corrected chi connectivity index (χ0v) is 20.8. The van der Waals surface area contributed by atoms with E-state index >= 15 is 0 Å². The van der Waals surface area contributed by atoms with Crippen molar-refractivity contribution in [2.24, 2.45) is 0 Å². The predicted octanol–water partition coefficient (Wildman–Crippen LogP) is 4.44. The first-order valence-electron chi connectivity index (χ1n) is 12.6. The number of rotatable bonds is 5. The third-order valence-electron chi connectivity index (χ3n) is 6.92. The number of carbonyl (C=O) groups is 2. The van der Waals surface area contributed by atoms with Crippen LogP contribution < -0.4 is 15.2 Å². The topological polar surface area (TPSA) is 110 Å². The summed E-state index contributed by atoms with van der Waals surface area (Å²) in [6, 6.07) is 11.8. The largest absolute Gasteiger partial charge is 0.490 e. The smallest absolute Gasteiger partial charge is 0.475 e. The number of nitrogens with one attached hydrogen (secondary N) is 2. The van der Waals surface area contributed by atoms with Crippen molar-refractivity contribution in [2.75, 3.05) is 11.4 Å². The Labute approximate surface area is 221 Å². The zero-order chi connectivity index (χ0) is 27.8. The molecule has 2 aromatic heterocycles. The number of H-pyrrole nitrogens is 1. The van der Waals surface area contributed by atoms with Crippen LogP contribution in [0.2, 0.25) is 0 Å². The fraction of sp³-hybridized carbons (Fsp3) is 0.370. The molecule has 0 radical (unpaired) electrons. The number of aromatic nitrogens is 3. The molecule has 0 unspecified atom stereocenters. The van der Waals surface area contributed by atoms with Crippen LogP contribution >= 0.6 is 0 Å². The molecule has 3 N–H and O–H groups in total.